The van der Waals surface area contributed by atoms with Crippen LogP contribution in [0.4, 0.5) is 0 Å². The first kappa shape index (κ1) is 22.0. The highest BCUT2D eigenvalue weighted by atomic mass is 16.2. The van der Waals surface area contributed by atoms with E-state index in [1.807, 2.05) is 13.8 Å². The number of benzene rings is 2. The Hall–Kier alpha value is -2.70. The number of piperazine rings is 1. The number of rotatable bonds is 8. The van der Waals surface area contributed by atoms with Crippen LogP contribution in [0.1, 0.15) is 31.0 Å². The first-order chi connectivity index (χ1) is 14.5. The zero-order valence-electron chi connectivity index (χ0n) is 18.0. The minimum atomic E-state index is -0.142. The normalized spacial score (nSPS) is 18.9. The molecule has 2 aromatic carbocycles. The molecular formula is C24H34N4O2+2. The number of hydrogen-bond acceptors (Lipinski definition) is 2. The third kappa shape index (κ3) is 6.40. The van der Waals surface area contributed by atoms with Gasteiger partial charge in [0.25, 0.3) is 5.91 Å². The smallest absolute Gasteiger partial charge is 0.275 e. The van der Waals surface area contributed by atoms with Gasteiger partial charge in [0.15, 0.2) is 6.54 Å². The quantitative estimate of drug-likeness (QED) is 0.460. The lowest BCUT2D eigenvalue weighted by Crippen LogP contribution is -3.28. The van der Waals surface area contributed by atoms with Crippen molar-refractivity contribution in [2.24, 2.45) is 0 Å². The summed E-state index contributed by atoms with van der Waals surface area (Å²) < 4.78 is 0. The highest BCUT2D eigenvalue weighted by molar-refractivity contribution is 5.85. The fraction of sp³-hybridized carbons (Fsp3) is 0.417. The molecule has 2 amide bonds. The summed E-state index contributed by atoms with van der Waals surface area (Å²) in [6, 6.07) is 21.8. The van der Waals surface area contributed by atoms with Crippen molar-refractivity contribution in [3.63, 3.8) is 0 Å². The summed E-state index contributed by atoms with van der Waals surface area (Å²) >= 11 is 0. The predicted octanol–water partition coefficient (Wildman–Crippen LogP) is -0.800. The minimum Gasteiger partial charge on any atom is -0.352 e. The lowest BCUT2D eigenvalue weighted by molar-refractivity contribution is -1.02. The van der Waals surface area contributed by atoms with E-state index >= 15 is 0 Å². The molecule has 0 radical (unpaired) electrons. The minimum absolute atomic E-state index is 0.0474. The number of nitrogens with one attached hydrogen (secondary N) is 4. The van der Waals surface area contributed by atoms with Crippen molar-refractivity contribution in [3.8, 4) is 0 Å². The lowest BCUT2D eigenvalue weighted by atomic mass is 9.96. The maximum atomic E-state index is 12.2. The van der Waals surface area contributed by atoms with Crippen molar-refractivity contribution in [3.05, 3.63) is 71.8 Å². The molecule has 1 saturated heterocycles. The molecule has 3 rings (SSSR count). The van der Waals surface area contributed by atoms with E-state index in [1.54, 1.807) is 0 Å². The van der Waals surface area contributed by atoms with E-state index in [9.17, 15) is 9.59 Å². The van der Waals surface area contributed by atoms with Gasteiger partial charge in [-0.05, 0) is 13.8 Å². The van der Waals surface area contributed by atoms with Gasteiger partial charge in [0, 0.05) is 17.2 Å². The van der Waals surface area contributed by atoms with Gasteiger partial charge < -0.3 is 20.4 Å². The van der Waals surface area contributed by atoms with Crippen LogP contribution in [-0.2, 0) is 9.59 Å². The SMILES string of the molecule is CC(C)NC(=O)CNC(=O)C[NH+]1CC[NH+](C(c2ccccc2)c2ccccc2)CC1. The molecule has 6 heteroatoms. The Morgan fingerprint density at radius 3 is 1.87 bits per heavy atom. The van der Waals surface area contributed by atoms with Gasteiger partial charge in [-0.3, -0.25) is 9.59 Å². The van der Waals surface area contributed by atoms with E-state index in [0.717, 1.165) is 26.2 Å². The molecule has 1 aliphatic rings. The zero-order chi connectivity index (χ0) is 21.3. The van der Waals surface area contributed by atoms with Gasteiger partial charge in [-0.1, -0.05) is 60.7 Å². The first-order valence-corrected chi connectivity index (χ1v) is 10.9. The standard InChI is InChI=1S/C24H32N4O2/c1-19(2)26-22(29)17-25-23(30)18-27-13-15-28(16-14-27)24(20-9-5-3-6-10-20)21-11-7-4-8-12-21/h3-12,19,24H,13-18H2,1-2H3,(H,25,30)(H,26,29)/p+2. The molecule has 0 unspecified atom stereocenters. The number of hydrogen-bond donors (Lipinski definition) is 4. The van der Waals surface area contributed by atoms with E-state index in [2.05, 4.69) is 71.3 Å². The van der Waals surface area contributed by atoms with E-state index in [1.165, 1.54) is 20.9 Å². The topological polar surface area (TPSA) is 67.1 Å². The third-order valence-corrected chi connectivity index (χ3v) is 5.58. The molecule has 0 aromatic heterocycles. The van der Waals surface area contributed by atoms with Crippen molar-refractivity contribution >= 4 is 11.8 Å². The summed E-state index contributed by atoms with van der Waals surface area (Å²) in [7, 11) is 0. The molecule has 160 valence electrons. The van der Waals surface area contributed by atoms with Crippen LogP contribution in [0.3, 0.4) is 0 Å². The Bertz CT molecular complexity index is 763. The highest BCUT2D eigenvalue weighted by Gasteiger charge is 2.32. The lowest BCUT2D eigenvalue weighted by Gasteiger charge is -2.34. The van der Waals surface area contributed by atoms with Gasteiger partial charge in [0.05, 0.1) is 6.54 Å². The molecule has 0 bridgehead atoms. The van der Waals surface area contributed by atoms with E-state index in [0.29, 0.717) is 12.6 Å². The summed E-state index contributed by atoms with van der Waals surface area (Å²) in [6.07, 6.45) is 0. The molecular weight excluding hydrogens is 376 g/mol. The molecule has 6 nitrogen and oxygen atoms in total. The van der Waals surface area contributed by atoms with Crippen LogP contribution in [-0.4, -0.2) is 57.1 Å². The Morgan fingerprint density at radius 1 is 0.833 bits per heavy atom. The fourth-order valence-corrected chi connectivity index (χ4v) is 4.19. The van der Waals surface area contributed by atoms with Crippen LogP contribution in [0.15, 0.2) is 60.7 Å². The van der Waals surface area contributed by atoms with Gasteiger partial charge in [-0.25, -0.2) is 0 Å². The van der Waals surface area contributed by atoms with Crippen molar-refractivity contribution in [1.82, 2.24) is 10.6 Å². The average Bonchev–Trinajstić information content (AvgIpc) is 2.75. The molecule has 0 spiro atoms. The second-order valence-corrected chi connectivity index (χ2v) is 8.34. The number of amides is 2. The zero-order valence-corrected chi connectivity index (χ0v) is 18.0. The number of carbonyl (C=O) groups is 2. The van der Waals surface area contributed by atoms with Crippen LogP contribution in [0.2, 0.25) is 0 Å². The second kappa shape index (κ2) is 10.9. The number of carbonyl (C=O) groups excluding carboxylic acids is 2. The van der Waals surface area contributed by atoms with Gasteiger partial charge >= 0.3 is 0 Å². The van der Waals surface area contributed by atoms with Crippen LogP contribution in [0, 0.1) is 0 Å². The largest absolute Gasteiger partial charge is 0.352 e. The van der Waals surface area contributed by atoms with Crippen LogP contribution < -0.4 is 20.4 Å². The number of quaternary nitrogens is 2. The maximum Gasteiger partial charge on any atom is 0.275 e. The van der Waals surface area contributed by atoms with E-state index < -0.39 is 0 Å². The first-order valence-electron chi connectivity index (χ1n) is 10.9. The van der Waals surface area contributed by atoms with Gasteiger partial charge in [0.1, 0.15) is 32.2 Å². The molecule has 0 saturated carbocycles. The molecule has 2 aromatic rings. The Morgan fingerprint density at radius 2 is 1.37 bits per heavy atom. The molecule has 30 heavy (non-hydrogen) atoms. The molecule has 1 fully saturated rings. The summed E-state index contributed by atoms with van der Waals surface area (Å²) in [5.41, 5.74) is 2.66. The average molecular weight is 411 g/mol. The third-order valence-electron chi connectivity index (χ3n) is 5.58. The van der Waals surface area contributed by atoms with Crippen molar-refractivity contribution in [1.29, 1.82) is 0 Å². The fourth-order valence-electron chi connectivity index (χ4n) is 4.19. The van der Waals surface area contributed by atoms with Crippen LogP contribution >= 0.6 is 0 Å². The summed E-state index contributed by atoms with van der Waals surface area (Å²) in [5, 5.41) is 5.53. The van der Waals surface area contributed by atoms with Crippen LogP contribution in [0.25, 0.3) is 0 Å². The van der Waals surface area contributed by atoms with Gasteiger partial charge in [0.2, 0.25) is 5.91 Å². The molecule has 1 aliphatic heterocycles. The Kier molecular flexibility index (Phi) is 7.99. The van der Waals surface area contributed by atoms with Crippen molar-refractivity contribution in [2.45, 2.75) is 25.9 Å². The maximum absolute atomic E-state index is 12.2. The van der Waals surface area contributed by atoms with Gasteiger partial charge in [-0.15, -0.1) is 0 Å². The van der Waals surface area contributed by atoms with Gasteiger partial charge in [-0.2, -0.15) is 0 Å². The van der Waals surface area contributed by atoms with E-state index in [4.69, 9.17) is 0 Å². The summed E-state index contributed by atoms with van der Waals surface area (Å²) in [6.45, 7) is 8.17. The molecule has 0 aliphatic carbocycles. The highest BCUT2D eigenvalue weighted by Crippen LogP contribution is 2.18. The monoisotopic (exact) mass is 410 g/mol. The summed E-state index contributed by atoms with van der Waals surface area (Å²) in [4.78, 5) is 26.8. The Balaban J connectivity index is 1.54. The summed E-state index contributed by atoms with van der Waals surface area (Å²) in [5.74, 6) is -0.203. The van der Waals surface area contributed by atoms with Crippen molar-refractivity contribution < 1.29 is 19.4 Å². The predicted molar refractivity (Wildman–Crippen MR) is 117 cm³/mol. The Labute approximate surface area is 179 Å². The molecule has 0 atom stereocenters. The molecule has 1 heterocycles. The van der Waals surface area contributed by atoms with E-state index in [-0.39, 0.29) is 24.4 Å². The molecule has 4 N–H and O–H groups in total. The second-order valence-electron chi connectivity index (χ2n) is 8.34. The van der Waals surface area contributed by atoms with Crippen molar-refractivity contribution in [2.75, 3.05) is 39.3 Å². The van der Waals surface area contributed by atoms with Crippen LogP contribution in [0.5, 0.6) is 0 Å².